The van der Waals surface area contributed by atoms with E-state index in [1.807, 2.05) is 0 Å². The van der Waals surface area contributed by atoms with Crippen LogP contribution < -0.4 is 5.32 Å². The predicted octanol–water partition coefficient (Wildman–Crippen LogP) is 3.61. The number of hydrogen-bond acceptors (Lipinski definition) is 4. The lowest BCUT2D eigenvalue weighted by molar-refractivity contribution is 0.281. The SMILES string of the molecule is CCNC(C)C(c1nc(-c2ccccc2F)no1)C(C)C. The van der Waals surface area contributed by atoms with E-state index < -0.39 is 0 Å². The third-order valence-corrected chi connectivity index (χ3v) is 3.62. The minimum Gasteiger partial charge on any atom is -0.339 e. The van der Waals surface area contributed by atoms with E-state index in [4.69, 9.17) is 4.52 Å². The first-order chi connectivity index (χ1) is 10.0. The maximum absolute atomic E-state index is 13.8. The summed E-state index contributed by atoms with van der Waals surface area (Å²) < 4.78 is 19.2. The molecule has 0 aliphatic carbocycles. The fraction of sp³-hybridized carbons (Fsp3) is 0.500. The number of benzene rings is 1. The Morgan fingerprint density at radius 3 is 2.57 bits per heavy atom. The van der Waals surface area contributed by atoms with E-state index in [9.17, 15) is 4.39 Å². The zero-order valence-electron chi connectivity index (χ0n) is 12.9. The standard InChI is InChI=1S/C16H22FN3O/c1-5-18-11(4)14(10(2)3)16-19-15(20-21-16)12-8-6-7-9-13(12)17/h6-11,14,18H,5H2,1-4H3. The first kappa shape index (κ1) is 15.6. The molecule has 2 rings (SSSR count). The van der Waals surface area contributed by atoms with Crippen LogP contribution in [0.2, 0.25) is 0 Å². The Bertz CT molecular complexity index is 582. The van der Waals surface area contributed by atoms with Gasteiger partial charge in [-0.1, -0.05) is 38.1 Å². The zero-order valence-corrected chi connectivity index (χ0v) is 12.9. The van der Waals surface area contributed by atoms with E-state index in [-0.39, 0.29) is 17.8 Å². The Labute approximate surface area is 124 Å². The molecule has 0 amide bonds. The van der Waals surface area contributed by atoms with Gasteiger partial charge in [0.2, 0.25) is 11.7 Å². The van der Waals surface area contributed by atoms with Crippen LogP contribution in [0, 0.1) is 11.7 Å². The molecule has 0 radical (unpaired) electrons. The van der Waals surface area contributed by atoms with Crippen molar-refractivity contribution in [1.29, 1.82) is 0 Å². The molecular weight excluding hydrogens is 269 g/mol. The number of rotatable bonds is 6. The molecule has 1 aromatic heterocycles. The Morgan fingerprint density at radius 2 is 1.95 bits per heavy atom. The van der Waals surface area contributed by atoms with Gasteiger partial charge in [0.1, 0.15) is 5.82 Å². The van der Waals surface area contributed by atoms with Crippen molar-refractivity contribution in [3.05, 3.63) is 36.0 Å². The minimum absolute atomic E-state index is 0.0953. The first-order valence-electron chi connectivity index (χ1n) is 7.36. The number of aromatic nitrogens is 2. The minimum atomic E-state index is -0.342. The quantitative estimate of drug-likeness (QED) is 0.883. The third kappa shape index (κ3) is 3.47. The monoisotopic (exact) mass is 291 g/mol. The molecule has 0 spiro atoms. The predicted molar refractivity (Wildman–Crippen MR) is 80.4 cm³/mol. The molecule has 2 aromatic rings. The maximum atomic E-state index is 13.8. The number of nitrogens with one attached hydrogen (secondary N) is 1. The molecule has 5 heteroatoms. The molecule has 2 atom stereocenters. The molecule has 1 N–H and O–H groups in total. The molecule has 4 nitrogen and oxygen atoms in total. The lowest BCUT2D eigenvalue weighted by Crippen LogP contribution is -2.34. The van der Waals surface area contributed by atoms with Crippen molar-refractivity contribution < 1.29 is 8.91 Å². The summed E-state index contributed by atoms with van der Waals surface area (Å²) in [4.78, 5) is 4.41. The van der Waals surface area contributed by atoms with Gasteiger partial charge < -0.3 is 9.84 Å². The summed E-state index contributed by atoms with van der Waals surface area (Å²) in [5.74, 6) is 0.950. The van der Waals surface area contributed by atoms with Crippen LogP contribution in [-0.2, 0) is 0 Å². The fourth-order valence-corrected chi connectivity index (χ4v) is 2.65. The van der Waals surface area contributed by atoms with Gasteiger partial charge in [0, 0.05) is 6.04 Å². The summed E-state index contributed by atoms with van der Waals surface area (Å²) in [5, 5.41) is 7.32. The van der Waals surface area contributed by atoms with E-state index in [0.717, 1.165) is 6.54 Å². The fourth-order valence-electron chi connectivity index (χ4n) is 2.65. The Balaban J connectivity index is 2.31. The van der Waals surface area contributed by atoms with E-state index in [1.165, 1.54) is 6.07 Å². The normalized spacial score (nSPS) is 14.4. The van der Waals surface area contributed by atoms with Crippen molar-refractivity contribution in [3.8, 4) is 11.4 Å². The first-order valence-corrected chi connectivity index (χ1v) is 7.36. The van der Waals surface area contributed by atoms with Gasteiger partial charge in [-0.3, -0.25) is 0 Å². The van der Waals surface area contributed by atoms with Crippen molar-refractivity contribution >= 4 is 0 Å². The van der Waals surface area contributed by atoms with Gasteiger partial charge in [-0.25, -0.2) is 4.39 Å². The largest absolute Gasteiger partial charge is 0.339 e. The molecule has 0 bridgehead atoms. The van der Waals surface area contributed by atoms with Crippen LogP contribution in [0.5, 0.6) is 0 Å². The molecule has 1 aromatic carbocycles. The van der Waals surface area contributed by atoms with Crippen LogP contribution >= 0.6 is 0 Å². The Kier molecular flexibility index (Phi) is 5.07. The molecule has 0 aliphatic rings. The van der Waals surface area contributed by atoms with Crippen LogP contribution in [-0.4, -0.2) is 22.7 Å². The highest BCUT2D eigenvalue weighted by atomic mass is 19.1. The zero-order chi connectivity index (χ0) is 15.4. The summed E-state index contributed by atoms with van der Waals surface area (Å²) in [7, 11) is 0. The van der Waals surface area contributed by atoms with Gasteiger partial charge in [-0.2, -0.15) is 4.98 Å². The highest BCUT2D eigenvalue weighted by Gasteiger charge is 2.28. The van der Waals surface area contributed by atoms with Gasteiger partial charge in [-0.05, 0) is 31.5 Å². The molecule has 0 aliphatic heterocycles. The van der Waals surface area contributed by atoms with Crippen molar-refractivity contribution in [2.24, 2.45) is 5.92 Å². The van der Waals surface area contributed by atoms with Gasteiger partial charge in [0.05, 0.1) is 11.5 Å². The van der Waals surface area contributed by atoms with Crippen molar-refractivity contribution in [2.45, 2.75) is 39.7 Å². The molecular formula is C16H22FN3O. The molecule has 0 saturated heterocycles. The number of hydrogen-bond donors (Lipinski definition) is 1. The maximum Gasteiger partial charge on any atom is 0.231 e. The summed E-state index contributed by atoms with van der Waals surface area (Å²) in [5.41, 5.74) is 0.367. The van der Waals surface area contributed by atoms with Crippen molar-refractivity contribution in [3.63, 3.8) is 0 Å². The van der Waals surface area contributed by atoms with Crippen LogP contribution in [0.1, 0.15) is 39.5 Å². The van der Waals surface area contributed by atoms with E-state index in [0.29, 0.717) is 23.2 Å². The van der Waals surface area contributed by atoms with Gasteiger partial charge >= 0.3 is 0 Å². The highest BCUT2D eigenvalue weighted by molar-refractivity contribution is 5.54. The lowest BCUT2D eigenvalue weighted by Gasteiger charge is -2.24. The number of halogens is 1. The topological polar surface area (TPSA) is 51.0 Å². The second kappa shape index (κ2) is 6.80. The van der Waals surface area contributed by atoms with Crippen LogP contribution in [0.15, 0.2) is 28.8 Å². The lowest BCUT2D eigenvalue weighted by atomic mass is 9.89. The Hall–Kier alpha value is -1.75. The van der Waals surface area contributed by atoms with Gasteiger partial charge in [0.25, 0.3) is 0 Å². The van der Waals surface area contributed by atoms with Gasteiger partial charge in [0.15, 0.2) is 0 Å². The van der Waals surface area contributed by atoms with Crippen molar-refractivity contribution in [1.82, 2.24) is 15.5 Å². The summed E-state index contributed by atoms with van der Waals surface area (Å²) in [6.07, 6.45) is 0. The van der Waals surface area contributed by atoms with Crippen LogP contribution in [0.25, 0.3) is 11.4 Å². The van der Waals surface area contributed by atoms with E-state index in [1.54, 1.807) is 18.2 Å². The molecule has 114 valence electrons. The molecule has 0 saturated carbocycles. The molecule has 2 unspecified atom stereocenters. The average Bonchev–Trinajstić information content (AvgIpc) is 2.88. The smallest absolute Gasteiger partial charge is 0.231 e. The van der Waals surface area contributed by atoms with Crippen LogP contribution in [0.4, 0.5) is 4.39 Å². The second-order valence-electron chi connectivity index (χ2n) is 5.55. The van der Waals surface area contributed by atoms with Gasteiger partial charge in [-0.15, -0.1) is 0 Å². The summed E-state index contributed by atoms with van der Waals surface area (Å²) >= 11 is 0. The van der Waals surface area contributed by atoms with E-state index in [2.05, 4.69) is 43.2 Å². The molecule has 1 heterocycles. The number of nitrogens with zero attached hydrogens (tertiary/aromatic N) is 2. The second-order valence-corrected chi connectivity index (χ2v) is 5.55. The molecule has 21 heavy (non-hydrogen) atoms. The summed E-state index contributed by atoms with van der Waals surface area (Å²) in [6, 6.07) is 6.66. The van der Waals surface area contributed by atoms with Crippen LogP contribution in [0.3, 0.4) is 0 Å². The number of likely N-dealkylation sites (N-methyl/N-ethyl adjacent to an activating group) is 1. The van der Waals surface area contributed by atoms with E-state index >= 15 is 0 Å². The third-order valence-electron chi connectivity index (χ3n) is 3.62. The highest BCUT2D eigenvalue weighted by Crippen LogP contribution is 2.29. The summed E-state index contributed by atoms with van der Waals surface area (Å²) in [6.45, 7) is 9.27. The Morgan fingerprint density at radius 1 is 1.24 bits per heavy atom. The average molecular weight is 291 g/mol. The van der Waals surface area contributed by atoms with Crippen molar-refractivity contribution in [2.75, 3.05) is 6.54 Å². The molecule has 0 fully saturated rings.